The van der Waals surface area contributed by atoms with E-state index in [1.165, 1.54) is 0 Å². The van der Waals surface area contributed by atoms with Crippen LogP contribution in [0.3, 0.4) is 0 Å². The van der Waals surface area contributed by atoms with Crippen LogP contribution in [0.25, 0.3) is 0 Å². The summed E-state index contributed by atoms with van der Waals surface area (Å²) < 4.78 is 10.9. The van der Waals surface area contributed by atoms with Gasteiger partial charge in [-0.05, 0) is 55.3 Å². The average molecular weight is 488 g/mol. The van der Waals surface area contributed by atoms with Crippen LogP contribution in [0.5, 0.6) is 5.75 Å². The van der Waals surface area contributed by atoms with Gasteiger partial charge in [0.2, 0.25) is 0 Å². The van der Waals surface area contributed by atoms with Crippen molar-refractivity contribution in [1.29, 1.82) is 0 Å². The first kappa shape index (κ1) is 23.6. The minimum atomic E-state index is -0.281. The zero-order valence-corrected chi connectivity index (χ0v) is 19.9. The molecule has 2 aliphatic rings. The lowest BCUT2D eigenvalue weighted by molar-refractivity contribution is -0.137. The number of amides is 2. The summed E-state index contributed by atoms with van der Waals surface area (Å²) in [7, 11) is 0. The Morgan fingerprint density at radius 1 is 1.03 bits per heavy atom. The Hall–Kier alpha value is -4.11. The normalized spacial score (nSPS) is 15.2. The van der Waals surface area contributed by atoms with Crippen molar-refractivity contribution in [2.24, 2.45) is 0 Å². The van der Waals surface area contributed by atoms with Crippen molar-refractivity contribution in [2.45, 2.75) is 18.9 Å². The molecule has 2 aromatic carbocycles. The van der Waals surface area contributed by atoms with Gasteiger partial charge in [-0.1, -0.05) is 18.2 Å². The molecule has 3 aromatic rings. The maximum absolute atomic E-state index is 13.1. The van der Waals surface area contributed by atoms with Gasteiger partial charge >= 0.3 is 0 Å². The fraction of sp³-hybridized carbons (Fsp3) is 0.296. The molecule has 1 aliphatic heterocycles. The lowest BCUT2D eigenvalue weighted by Gasteiger charge is -2.26. The number of nitrogens with zero attached hydrogens (tertiary/aromatic N) is 3. The van der Waals surface area contributed by atoms with E-state index in [0.717, 1.165) is 24.2 Å². The molecule has 36 heavy (non-hydrogen) atoms. The Labute approximate surface area is 210 Å². The summed E-state index contributed by atoms with van der Waals surface area (Å²) >= 11 is 0. The minimum Gasteiger partial charge on any atom is -0.484 e. The van der Waals surface area contributed by atoms with Crippen LogP contribution >= 0.6 is 0 Å². The highest BCUT2D eigenvalue weighted by Crippen LogP contribution is 2.39. The Morgan fingerprint density at radius 2 is 1.78 bits per heavy atom. The predicted molar refractivity (Wildman–Crippen MR) is 136 cm³/mol. The van der Waals surface area contributed by atoms with Crippen molar-refractivity contribution < 1.29 is 19.1 Å². The number of hydrazine groups is 1. The molecule has 2 heterocycles. The molecular weight excluding hydrogens is 458 g/mol. The number of carbonyl (C=O) groups excluding carboxylic acids is 2. The van der Waals surface area contributed by atoms with E-state index in [9.17, 15) is 9.59 Å². The van der Waals surface area contributed by atoms with Crippen LogP contribution in [-0.4, -0.2) is 60.7 Å². The van der Waals surface area contributed by atoms with E-state index in [1.54, 1.807) is 41.6 Å². The molecule has 1 aliphatic carbocycles. The van der Waals surface area contributed by atoms with E-state index in [-0.39, 0.29) is 18.4 Å². The number of benzene rings is 2. The van der Waals surface area contributed by atoms with Gasteiger partial charge in [-0.3, -0.25) is 25.4 Å². The lowest BCUT2D eigenvalue weighted by atomic mass is 10.1. The molecule has 9 nitrogen and oxygen atoms in total. The molecule has 0 unspecified atom stereocenters. The second kappa shape index (κ2) is 11.1. The summed E-state index contributed by atoms with van der Waals surface area (Å²) in [6, 6.07) is 19.4. The Balaban J connectivity index is 1.19. The number of ether oxygens (including phenoxy) is 2. The number of carbonyl (C=O) groups is 2. The van der Waals surface area contributed by atoms with Crippen molar-refractivity contribution in [3.63, 3.8) is 0 Å². The molecule has 0 bridgehead atoms. The molecule has 5 rings (SSSR count). The molecule has 0 spiro atoms. The Morgan fingerprint density at radius 3 is 2.50 bits per heavy atom. The molecular formula is C27H29N5O4. The third kappa shape index (κ3) is 5.75. The third-order valence-corrected chi connectivity index (χ3v) is 6.15. The summed E-state index contributed by atoms with van der Waals surface area (Å²) in [6.07, 6.45) is 5.47. The Kier molecular flexibility index (Phi) is 7.28. The fourth-order valence-electron chi connectivity index (χ4n) is 4.12. The van der Waals surface area contributed by atoms with Gasteiger partial charge in [0.1, 0.15) is 5.75 Å². The number of hydrogen-bond acceptors (Lipinski definition) is 7. The SMILES string of the molecule is O=C(NNc1ccc(OCC(=O)N2CCOCC2)cc1)c1cnccc1N(c1ccccc1)C1CC1. The number of rotatable bonds is 9. The summed E-state index contributed by atoms with van der Waals surface area (Å²) in [5, 5.41) is 0. The quantitative estimate of drug-likeness (QED) is 0.447. The molecule has 2 amide bonds. The van der Waals surface area contributed by atoms with Crippen LogP contribution < -0.4 is 20.5 Å². The topological polar surface area (TPSA) is 96.0 Å². The number of para-hydroxylation sites is 1. The molecule has 1 saturated heterocycles. The number of aromatic nitrogens is 1. The second-order valence-corrected chi connectivity index (χ2v) is 8.71. The van der Waals surface area contributed by atoms with Crippen LogP contribution in [0, 0.1) is 0 Å². The summed E-state index contributed by atoms with van der Waals surface area (Å²) in [4.78, 5) is 33.5. The largest absolute Gasteiger partial charge is 0.484 e. The maximum atomic E-state index is 13.1. The van der Waals surface area contributed by atoms with Gasteiger partial charge in [0.25, 0.3) is 11.8 Å². The summed E-state index contributed by atoms with van der Waals surface area (Å²) in [5.74, 6) is 0.234. The number of nitrogens with one attached hydrogen (secondary N) is 2. The number of morpholine rings is 1. The second-order valence-electron chi connectivity index (χ2n) is 8.71. The number of anilines is 3. The van der Waals surface area contributed by atoms with E-state index in [2.05, 4.69) is 32.9 Å². The van der Waals surface area contributed by atoms with Crippen LogP contribution in [-0.2, 0) is 9.53 Å². The van der Waals surface area contributed by atoms with E-state index in [1.807, 2.05) is 24.3 Å². The smallest absolute Gasteiger partial charge is 0.273 e. The molecule has 1 saturated carbocycles. The maximum Gasteiger partial charge on any atom is 0.273 e. The minimum absolute atomic E-state index is 0.0216. The molecule has 0 radical (unpaired) electrons. The van der Waals surface area contributed by atoms with Crippen molar-refractivity contribution in [2.75, 3.05) is 43.2 Å². The first-order valence-corrected chi connectivity index (χ1v) is 12.1. The first-order chi connectivity index (χ1) is 17.7. The first-order valence-electron chi connectivity index (χ1n) is 12.1. The number of hydrogen-bond donors (Lipinski definition) is 2. The number of pyridine rings is 1. The van der Waals surface area contributed by atoms with Gasteiger partial charge < -0.3 is 19.3 Å². The lowest BCUT2D eigenvalue weighted by Crippen LogP contribution is -2.42. The van der Waals surface area contributed by atoms with Gasteiger partial charge in [-0.2, -0.15) is 0 Å². The van der Waals surface area contributed by atoms with Gasteiger partial charge in [-0.25, -0.2) is 0 Å². The highest BCUT2D eigenvalue weighted by molar-refractivity contribution is 6.01. The van der Waals surface area contributed by atoms with E-state index in [4.69, 9.17) is 9.47 Å². The summed E-state index contributed by atoms with van der Waals surface area (Å²) in [5.41, 5.74) is 8.76. The predicted octanol–water partition coefficient (Wildman–Crippen LogP) is 3.38. The molecule has 2 N–H and O–H groups in total. The zero-order valence-electron chi connectivity index (χ0n) is 19.9. The van der Waals surface area contributed by atoms with Crippen LogP contribution in [0.15, 0.2) is 73.1 Å². The Bertz CT molecular complexity index is 1180. The molecule has 1 aromatic heterocycles. The third-order valence-electron chi connectivity index (χ3n) is 6.15. The van der Waals surface area contributed by atoms with Gasteiger partial charge in [0.05, 0.1) is 30.2 Å². The monoisotopic (exact) mass is 487 g/mol. The van der Waals surface area contributed by atoms with Crippen molar-refractivity contribution in [1.82, 2.24) is 15.3 Å². The molecule has 9 heteroatoms. The molecule has 186 valence electrons. The average Bonchev–Trinajstić information content (AvgIpc) is 3.78. The fourth-order valence-corrected chi connectivity index (χ4v) is 4.12. The van der Waals surface area contributed by atoms with Crippen LogP contribution in [0.4, 0.5) is 17.1 Å². The van der Waals surface area contributed by atoms with E-state index in [0.29, 0.717) is 49.3 Å². The van der Waals surface area contributed by atoms with Crippen molar-refractivity contribution >= 4 is 28.9 Å². The van der Waals surface area contributed by atoms with Crippen LogP contribution in [0.1, 0.15) is 23.2 Å². The standard InChI is InChI=1S/C27H29N5O4/c33-26(31-14-16-35-17-15-31)19-36-23-10-6-20(7-11-23)29-30-27(34)24-18-28-13-12-25(24)32(22-8-9-22)21-4-2-1-3-5-21/h1-7,10-13,18,22,29H,8-9,14-17,19H2,(H,30,34). The molecule has 0 atom stereocenters. The van der Waals surface area contributed by atoms with Crippen molar-refractivity contribution in [3.05, 3.63) is 78.6 Å². The van der Waals surface area contributed by atoms with E-state index >= 15 is 0 Å². The van der Waals surface area contributed by atoms with Gasteiger partial charge in [0.15, 0.2) is 6.61 Å². The summed E-state index contributed by atoms with van der Waals surface area (Å²) in [6.45, 7) is 2.28. The zero-order chi connectivity index (χ0) is 24.7. The van der Waals surface area contributed by atoms with Gasteiger partial charge in [-0.15, -0.1) is 0 Å². The highest BCUT2D eigenvalue weighted by Gasteiger charge is 2.32. The van der Waals surface area contributed by atoms with Gasteiger partial charge in [0, 0.05) is 37.2 Å². The van der Waals surface area contributed by atoms with Crippen molar-refractivity contribution in [3.8, 4) is 5.75 Å². The molecule has 2 fully saturated rings. The van der Waals surface area contributed by atoms with Crippen LogP contribution in [0.2, 0.25) is 0 Å². The van der Waals surface area contributed by atoms with E-state index < -0.39 is 0 Å². The highest BCUT2D eigenvalue weighted by atomic mass is 16.5.